The summed E-state index contributed by atoms with van der Waals surface area (Å²) in [5.41, 5.74) is 2.05. The van der Waals surface area contributed by atoms with Gasteiger partial charge in [0, 0.05) is 6.54 Å². The highest BCUT2D eigenvalue weighted by Crippen LogP contribution is 2.39. The summed E-state index contributed by atoms with van der Waals surface area (Å²) >= 11 is 0. The average molecular weight is 401 g/mol. The van der Waals surface area contributed by atoms with Crippen LogP contribution in [0.4, 0.5) is 4.79 Å². The highest BCUT2D eigenvalue weighted by molar-refractivity contribution is 5.74. The van der Waals surface area contributed by atoms with Crippen LogP contribution in [-0.4, -0.2) is 33.9 Å². The van der Waals surface area contributed by atoms with Gasteiger partial charge in [-0.25, -0.2) is 4.79 Å². The van der Waals surface area contributed by atoms with Crippen molar-refractivity contribution in [3.05, 3.63) is 53.6 Å². The largest absolute Gasteiger partial charge is 0.493 e. The van der Waals surface area contributed by atoms with Crippen molar-refractivity contribution in [2.75, 3.05) is 27.9 Å². The van der Waals surface area contributed by atoms with E-state index >= 15 is 0 Å². The molecule has 0 aromatic heterocycles. The van der Waals surface area contributed by atoms with Crippen molar-refractivity contribution in [2.45, 2.75) is 33.2 Å². The Kier molecular flexibility index (Phi) is 7.76. The quantitative estimate of drug-likeness (QED) is 0.657. The summed E-state index contributed by atoms with van der Waals surface area (Å²) in [6, 6.07) is 13.5. The third-order valence-corrected chi connectivity index (χ3v) is 4.79. The molecule has 29 heavy (non-hydrogen) atoms. The van der Waals surface area contributed by atoms with E-state index < -0.39 is 0 Å². The maximum absolute atomic E-state index is 12.4. The van der Waals surface area contributed by atoms with E-state index in [0.29, 0.717) is 23.8 Å². The van der Waals surface area contributed by atoms with Gasteiger partial charge in [-0.3, -0.25) is 0 Å². The minimum Gasteiger partial charge on any atom is -0.493 e. The van der Waals surface area contributed by atoms with Crippen LogP contribution in [0.2, 0.25) is 0 Å². The number of benzene rings is 2. The zero-order chi connectivity index (χ0) is 21.4. The van der Waals surface area contributed by atoms with Gasteiger partial charge in [-0.2, -0.15) is 0 Å². The monoisotopic (exact) mass is 400 g/mol. The number of hydrogen-bond acceptors (Lipinski definition) is 4. The number of ether oxygens (including phenoxy) is 3. The van der Waals surface area contributed by atoms with E-state index in [9.17, 15) is 4.79 Å². The number of methoxy groups -OCH3 is 3. The first-order valence-corrected chi connectivity index (χ1v) is 9.68. The molecule has 2 rings (SSSR count). The smallest absolute Gasteiger partial charge is 0.315 e. The molecule has 1 atom stereocenters. The fraction of sp³-hybridized carbons (Fsp3) is 0.435. The Balaban J connectivity index is 1.98. The number of carbonyl (C=O) groups excluding carboxylic acids is 1. The maximum Gasteiger partial charge on any atom is 0.315 e. The normalized spacial score (nSPS) is 12.1. The lowest BCUT2D eigenvalue weighted by atomic mass is 9.86. The van der Waals surface area contributed by atoms with Gasteiger partial charge in [0.2, 0.25) is 5.75 Å². The van der Waals surface area contributed by atoms with Crippen LogP contribution in [0.15, 0.2) is 42.5 Å². The lowest BCUT2D eigenvalue weighted by molar-refractivity contribution is 0.230. The summed E-state index contributed by atoms with van der Waals surface area (Å²) in [7, 11) is 4.70. The number of urea groups is 1. The van der Waals surface area contributed by atoms with Crippen molar-refractivity contribution in [1.29, 1.82) is 0 Å². The molecular weight excluding hydrogens is 368 g/mol. The lowest BCUT2D eigenvalue weighted by Gasteiger charge is -2.26. The van der Waals surface area contributed by atoms with Crippen LogP contribution in [0.5, 0.6) is 17.2 Å². The first-order valence-electron chi connectivity index (χ1n) is 9.68. The summed E-state index contributed by atoms with van der Waals surface area (Å²) < 4.78 is 16.1. The van der Waals surface area contributed by atoms with Crippen molar-refractivity contribution in [2.24, 2.45) is 5.41 Å². The van der Waals surface area contributed by atoms with Crippen LogP contribution < -0.4 is 24.8 Å². The van der Waals surface area contributed by atoms with Crippen LogP contribution in [0.1, 0.15) is 37.9 Å². The molecule has 0 fully saturated rings. The summed E-state index contributed by atoms with van der Waals surface area (Å²) in [5, 5.41) is 5.96. The molecule has 6 heteroatoms. The second-order valence-electron chi connectivity index (χ2n) is 7.83. The molecule has 2 N–H and O–H groups in total. The molecule has 0 heterocycles. The molecule has 0 radical (unpaired) electrons. The zero-order valence-corrected chi connectivity index (χ0v) is 18.2. The van der Waals surface area contributed by atoms with E-state index in [1.807, 2.05) is 37.3 Å². The Hall–Kier alpha value is -2.89. The van der Waals surface area contributed by atoms with E-state index in [2.05, 4.69) is 36.6 Å². The van der Waals surface area contributed by atoms with Gasteiger partial charge in [0.25, 0.3) is 0 Å². The molecule has 0 bridgehead atoms. The average Bonchev–Trinajstić information content (AvgIpc) is 2.71. The van der Waals surface area contributed by atoms with Crippen molar-refractivity contribution in [1.82, 2.24) is 10.6 Å². The highest BCUT2D eigenvalue weighted by Gasteiger charge is 2.21. The van der Waals surface area contributed by atoms with Crippen molar-refractivity contribution in [3.63, 3.8) is 0 Å². The van der Waals surface area contributed by atoms with Gasteiger partial charge < -0.3 is 24.8 Å². The van der Waals surface area contributed by atoms with Gasteiger partial charge in [-0.1, -0.05) is 44.2 Å². The standard InChI is InChI=1S/C23H32N2O4/c1-16(18-12-19(27-4)21(29-6)20(13-18)28-5)25-22(26)24-15-23(2,3)14-17-10-8-7-9-11-17/h7-13,16H,14-15H2,1-6H3,(H2,24,25,26). The van der Waals surface area contributed by atoms with Gasteiger partial charge in [-0.15, -0.1) is 0 Å². The molecule has 2 aromatic rings. The van der Waals surface area contributed by atoms with Gasteiger partial charge in [0.05, 0.1) is 27.4 Å². The van der Waals surface area contributed by atoms with E-state index in [1.165, 1.54) is 5.56 Å². The Morgan fingerprint density at radius 1 is 1.00 bits per heavy atom. The van der Waals surface area contributed by atoms with E-state index in [0.717, 1.165) is 12.0 Å². The Morgan fingerprint density at radius 3 is 2.10 bits per heavy atom. The second kappa shape index (κ2) is 10.0. The fourth-order valence-electron chi connectivity index (χ4n) is 3.21. The molecule has 0 aliphatic heterocycles. The SMILES string of the molecule is COc1cc(C(C)NC(=O)NCC(C)(C)Cc2ccccc2)cc(OC)c1OC. The predicted octanol–water partition coefficient (Wildman–Crippen LogP) is 4.34. The molecule has 0 spiro atoms. The minimum atomic E-state index is -0.235. The highest BCUT2D eigenvalue weighted by atomic mass is 16.5. The second-order valence-corrected chi connectivity index (χ2v) is 7.83. The predicted molar refractivity (Wildman–Crippen MR) is 115 cm³/mol. The molecule has 2 aromatic carbocycles. The van der Waals surface area contributed by atoms with Crippen molar-refractivity contribution in [3.8, 4) is 17.2 Å². The van der Waals surface area contributed by atoms with Crippen LogP contribution >= 0.6 is 0 Å². The Labute approximate surface area is 173 Å². The number of carbonyl (C=O) groups is 1. The minimum absolute atomic E-state index is 0.0610. The Morgan fingerprint density at radius 2 is 1.59 bits per heavy atom. The van der Waals surface area contributed by atoms with Crippen LogP contribution in [0, 0.1) is 5.41 Å². The topological polar surface area (TPSA) is 68.8 Å². The van der Waals surface area contributed by atoms with E-state index in [-0.39, 0.29) is 17.5 Å². The first kappa shape index (κ1) is 22.4. The molecule has 2 amide bonds. The number of amides is 2. The van der Waals surface area contributed by atoms with Crippen LogP contribution in [-0.2, 0) is 6.42 Å². The molecule has 158 valence electrons. The third-order valence-electron chi connectivity index (χ3n) is 4.79. The van der Waals surface area contributed by atoms with Gasteiger partial charge >= 0.3 is 6.03 Å². The fourth-order valence-corrected chi connectivity index (χ4v) is 3.21. The van der Waals surface area contributed by atoms with E-state index in [1.54, 1.807) is 21.3 Å². The number of hydrogen-bond donors (Lipinski definition) is 2. The van der Waals surface area contributed by atoms with Crippen molar-refractivity contribution < 1.29 is 19.0 Å². The maximum atomic E-state index is 12.4. The summed E-state index contributed by atoms with van der Waals surface area (Å²) in [6.07, 6.45) is 0.885. The van der Waals surface area contributed by atoms with Crippen LogP contribution in [0.3, 0.4) is 0 Å². The van der Waals surface area contributed by atoms with Crippen LogP contribution in [0.25, 0.3) is 0 Å². The molecule has 0 aliphatic rings. The van der Waals surface area contributed by atoms with Gasteiger partial charge in [0.1, 0.15) is 0 Å². The first-order chi connectivity index (χ1) is 13.8. The van der Waals surface area contributed by atoms with E-state index in [4.69, 9.17) is 14.2 Å². The molecule has 1 unspecified atom stereocenters. The Bertz CT molecular complexity index is 781. The summed E-state index contributed by atoms with van der Waals surface area (Å²) in [4.78, 5) is 12.4. The summed E-state index contributed by atoms with van der Waals surface area (Å²) in [6.45, 7) is 6.76. The van der Waals surface area contributed by atoms with Gasteiger partial charge in [0.15, 0.2) is 11.5 Å². The zero-order valence-electron chi connectivity index (χ0n) is 18.2. The van der Waals surface area contributed by atoms with Gasteiger partial charge in [-0.05, 0) is 42.0 Å². The third kappa shape index (κ3) is 6.31. The summed E-state index contributed by atoms with van der Waals surface area (Å²) in [5.74, 6) is 1.64. The number of rotatable bonds is 9. The lowest BCUT2D eigenvalue weighted by Crippen LogP contribution is -2.42. The molecule has 6 nitrogen and oxygen atoms in total. The number of nitrogens with one attached hydrogen (secondary N) is 2. The van der Waals surface area contributed by atoms with Crippen molar-refractivity contribution >= 4 is 6.03 Å². The molecular formula is C23H32N2O4. The molecule has 0 saturated heterocycles. The molecule has 0 saturated carbocycles. The molecule has 0 aliphatic carbocycles.